The fourth-order valence-corrected chi connectivity index (χ4v) is 2.81. The van der Waals surface area contributed by atoms with Crippen LogP contribution in [0.3, 0.4) is 0 Å². The van der Waals surface area contributed by atoms with Gasteiger partial charge in [-0.1, -0.05) is 10.3 Å². The van der Waals surface area contributed by atoms with Crippen LogP contribution < -0.4 is 29.6 Å². The second-order valence-corrected chi connectivity index (χ2v) is 7.29. The number of carbonyl (C=O) groups is 2. The van der Waals surface area contributed by atoms with Gasteiger partial charge in [0.1, 0.15) is 34.4 Å². The minimum Gasteiger partial charge on any atom is -0.792 e. The monoisotopic (exact) mass is 618 g/mol. The first kappa shape index (κ1) is 36.0. The van der Waals surface area contributed by atoms with Gasteiger partial charge in [0.2, 0.25) is 0 Å². The van der Waals surface area contributed by atoms with Crippen molar-refractivity contribution in [1.29, 1.82) is 0 Å². The molecule has 2 aromatic rings. The predicted molar refractivity (Wildman–Crippen MR) is 148 cm³/mol. The van der Waals surface area contributed by atoms with E-state index in [9.17, 15) is 20.0 Å². The molecule has 0 saturated heterocycles. The first-order valence-electron chi connectivity index (χ1n) is 11.0. The number of anilines is 2. The molecule has 0 aromatic heterocycles. The van der Waals surface area contributed by atoms with E-state index in [1.807, 2.05) is 0 Å². The number of hydrogen-bond donors (Lipinski definition) is 4. The van der Waals surface area contributed by atoms with Crippen LogP contribution in [-0.4, -0.2) is 73.5 Å². The van der Waals surface area contributed by atoms with Gasteiger partial charge in [0.15, 0.2) is 5.71 Å². The van der Waals surface area contributed by atoms with Crippen LogP contribution in [0.2, 0.25) is 0 Å². The molecule has 2 amide bonds. The maximum atomic E-state index is 11.9. The molecular formula is C24H28N6NiO10. The molecule has 0 atom stereocenters. The minimum absolute atomic E-state index is 0. The zero-order chi connectivity index (χ0) is 30.2. The first-order chi connectivity index (χ1) is 19.1. The Hall–Kier alpha value is -5.05. The van der Waals surface area contributed by atoms with E-state index in [-0.39, 0.29) is 27.9 Å². The summed E-state index contributed by atoms with van der Waals surface area (Å²) >= 11 is 0. The number of rotatable bonds is 10. The molecule has 2 rings (SSSR count). The number of nitrogens with one attached hydrogen (secondary N) is 2. The average Bonchev–Trinajstić information content (AvgIpc) is 2.98. The van der Waals surface area contributed by atoms with Gasteiger partial charge in [-0.05, 0) is 38.1 Å². The zero-order valence-corrected chi connectivity index (χ0v) is 23.7. The van der Waals surface area contributed by atoms with Crippen molar-refractivity contribution >= 4 is 46.0 Å². The largest absolute Gasteiger partial charge is 2.00 e. The summed E-state index contributed by atoms with van der Waals surface area (Å²) < 4.78 is 20.2. The number of methoxy groups -OCH3 is 4. The summed E-state index contributed by atoms with van der Waals surface area (Å²) in [4.78, 5) is 23.7. The molecule has 2 aromatic carbocycles. The van der Waals surface area contributed by atoms with E-state index in [2.05, 4.69) is 31.3 Å². The molecule has 16 nitrogen and oxygen atoms in total. The third-order valence-electron chi connectivity index (χ3n) is 4.91. The van der Waals surface area contributed by atoms with Gasteiger partial charge >= 0.3 is 16.5 Å². The van der Waals surface area contributed by atoms with Crippen LogP contribution in [0.4, 0.5) is 11.4 Å². The average molecular weight is 619 g/mol. The van der Waals surface area contributed by atoms with Crippen molar-refractivity contribution in [2.45, 2.75) is 13.8 Å². The maximum Gasteiger partial charge on any atom is 2.00 e. The van der Waals surface area contributed by atoms with Crippen molar-refractivity contribution in [3.05, 3.63) is 46.8 Å². The molecule has 0 unspecified atom stereocenters. The van der Waals surface area contributed by atoms with Gasteiger partial charge in [-0.15, -0.1) is 0 Å². The molecule has 0 radical (unpaired) electrons. The third-order valence-corrected chi connectivity index (χ3v) is 4.91. The number of benzene rings is 2. The van der Waals surface area contributed by atoms with Crippen LogP contribution in [0.25, 0.3) is 0 Å². The normalized spacial score (nSPS) is 11.7. The molecule has 4 N–H and O–H groups in total. The first-order valence-corrected chi connectivity index (χ1v) is 11.0. The molecule has 224 valence electrons. The van der Waals surface area contributed by atoms with Crippen LogP contribution in [0.1, 0.15) is 13.8 Å². The molecule has 0 aliphatic carbocycles. The van der Waals surface area contributed by atoms with E-state index in [1.54, 1.807) is 30.3 Å². The van der Waals surface area contributed by atoms with Crippen LogP contribution in [0.5, 0.6) is 23.0 Å². The van der Waals surface area contributed by atoms with Gasteiger partial charge in [-0.25, -0.2) is 0 Å². The number of nitrogens with zero attached hydrogens (tertiary/aromatic N) is 4. The Morgan fingerprint density at radius 3 is 1.44 bits per heavy atom. The van der Waals surface area contributed by atoms with E-state index < -0.39 is 23.2 Å². The van der Waals surface area contributed by atoms with Gasteiger partial charge in [-0.3, -0.25) is 9.59 Å². The predicted octanol–water partition coefficient (Wildman–Crippen LogP) is 2.86. The second kappa shape index (κ2) is 18.3. The number of oxime groups is 2. The zero-order valence-electron chi connectivity index (χ0n) is 22.7. The van der Waals surface area contributed by atoms with E-state index in [0.717, 1.165) is 0 Å². The molecule has 0 aliphatic heterocycles. The Kier molecular flexibility index (Phi) is 16.0. The smallest absolute Gasteiger partial charge is 0.792 e. The topological polar surface area (TPSA) is 231 Å². The molecule has 0 fully saturated rings. The molecular weight excluding hydrogens is 591 g/mol. The van der Waals surface area contributed by atoms with Crippen LogP contribution in [-0.2, 0) is 26.1 Å². The van der Waals surface area contributed by atoms with E-state index in [4.69, 9.17) is 29.4 Å². The molecule has 0 bridgehead atoms. The second-order valence-electron chi connectivity index (χ2n) is 7.29. The summed E-state index contributed by atoms with van der Waals surface area (Å²) in [5, 5.41) is 53.8. The van der Waals surface area contributed by atoms with E-state index >= 15 is 0 Å². The number of ether oxygens (including phenoxy) is 4. The van der Waals surface area contributed by atoms with Gasteiger partial charge < -0.3 is 60.7 Å². The third kappa shape index (κ3) is 10.2. The fourth-order valence-electron chi connectivity index (χ4n) is 2.81. The Balaban J connectivity index is 0.000000762. The van der Waals surface area contributed by atoms with E-state index in [1.165, 1.54) is 48.4 Å². The van der Waals surface area contributed by atoms with E-state index in [0.29, 0.717) is 34.4 Å². The van der Waals surface area contributed by atoms with Gasteiger partial charge in [0, 0.05) is 12.1 Å². The summed E-state index contributed by atoms with van der Waals surface area (Å²) in [6.07, 6.45) is 0. The molecule has 0 aliphatic rings. The van der Waals surface area contributed by atoms with Crippen molar-refractivity contribution in [3.63, 3.8) is 0 Å². The molecule has 0 saturated carbocycles. The Bertz CT molecular complexity index is 1210. The Morgan fingerprint density at radius 2 is 1.12 bits per heavy atom. The molecule has 0 spiro atoms. The standard InChI is InChI=1S/2C12H15N3O5.Ni/c2*1-7(14-17)11(15-18)12(16)13-9-5-4-8(19-2)6-10(9)20-3;/h2*4-6,17-18H,1-3H3,(H,13,16);/q;;+2/p-2. The summed E-state index contributed by atoms with van der Waals surface area (Å²) in [6, 6.07) is 9.45. The molecule has 17 heteroatoms. The van der Waals surface area contributed by atoms with Crippen molar-refractivity contribution < 1.29 is 55.4 Å². The summed E-state index contributed by atoms with van der Waals surface area (Å²) in [5.74, 6) is 0.207. The minimum atomic E-state index is -0.847. The fraction of sp³-hybridized carbons (Fsp3) is 0.250. The van der Waals surface area contributed by atoms with Crippen LogP contribution in [0, 0.1) is 10.4 Å². The van der Waals surface area contributed by atoms with Crippen molar-refractivity contribution in [1.82, 2.24) is 0 Å². The summed E-state index contributed by atoms with van der Waals surface area (Å²) in [5.41, 5.74) is -0.769. The van der Waals surface area contributed by atoms with Crippen LogP contribution in [0.15, 0.2) is 57.0 Å². The maximum absolute atomic E-state index is 11.9. The number of hydrogen-bond acceptors (Lipinski definition) is 14. The van der Waals surface area contributed by atoms with Gasteiger partial charge in [0.05, 0.1) is 45.5 Å². The van der Waals surface area contributed by atoms with Crippen LogP contribution >= 0.6 is 0 Å². The SMILES string of the molecule is COc1ccc(NC(=O)C(=NO)C(C)=NO)c(OC)c1.COc1ccc(NC(=O)C(=N[O-])C(C)=N[O-])c(OC)c1.[Ni+2]. The van der Waals surface area contributed by atoms with Gasteiger partial charge in [-0.2, -0.15) is 0 Å². The van der Waals surface area contributed by atoms with Crippen molar-refractivity contribution in [2.24, 2.45) is 20.6 Å². The molecule has 41 heavy (non-hydrogen) atoms. The number of amides is 2. The Labute approximate surface area is 244 Å². The van der Waals surface area contributed by atoms with Crippen molar-refractivity contribution in [3.8, 4) is 23.0 Å². The van der Waals surface area contributed by atoms with Gasteiger partial charge in [0.25, 0.3) is 11.8 Å². The Morgan fingerprint density at radius 1 is 0.683 bits per heavy atom. The summed E-state index contributed by atoms with van der Waals surface area (Å²) in [6.45, 7) is 2.54. The quantitative estimate of drug-likeness (QED) is 0.131. The van der Waals surface area contributed by atoms with Crippen molar-refractivity contribution in [2.75, 3.05) is 39.1 Å². The molecule has 0 heterocycles. The summed E-state index contributed by atoms with van der Waals surface area (Å²) in [7, 11) is 5.84. The number of carbonyl (C=O) groups excluding carboxylic acids is 2.